The van der Waals surface area contributed by atoms with E-state index in [2.05, 4.69) is 24.3 Å². The van der Waals surface area contributed by atoms with E-state index in [0.29, 0.717) is 30.2 Å². The summed E-state index contributed by atoms with van der Waals surface area (Å²) in [6.45, 7) is 4.67. The van der Waals surface area contributed by atoms with Gasteiger partial charge in [0.25, 0.3) is 5.91 Å². The van der Waals surface area contributed by atoms with Crippen molar-refractivity contribution in [1.29, 1.82) is 0 Å². The number of aryl methyl sites for hydroxylation is 1. The molecule has 120 valence electrons. The third-order valence-electron chi connectivity index (χ3n) is 3.41. The van der Waals surface area contributed by atoms with Crippen LogP contribution in [0.2, 0.25) is 0 Å². The summed E-state index contributed by atoms with van der Waals surface area (Å²) in [6, 6.07) is 1.90. The molecule has 0 saturated carbocycles. The number of aromatic nitrogens is 2. The molecule has 2 N–H and O–H groups in total. The number of nitrogens with one attached hydrogen (secondary N) is 1. The number of amides is 1. The van der Waals surface area contributed by atoms with E-state index < -0.39 is 5.97 Å². The maximum Gasteiger partial charge on any atom is 0.303 e. The number of hydrogen-bond donors (Lipinski definition) is 2. The highest BCUT2D eigenvalue weighted by atomic mass is 32.1. The summed E-state index contributed by atoms with van der Waals surface area (Å²) in [7, 11) is 1.89. The van der Waals surface area contributed by atoms with Gasteiger partial charge in [-0.25, -0.2) is 0 Å². The lowest BCUT2D eigenvalue weighted by Gasteiger charge is -2.02. The summed E-state index contributed by atoms with van der Waals surface area (Å²) in [5.41, 5.74) is 1.01. The normalized spacial score (nSPS) is 11.3. The van der Waals surface area contributed by atoms with E-state index in [1.807, 2.05) is 17.8 Å². The summed E-state index contributed by atoms with van der Waals surface area (Å²) in [6.07, 6.45) is 1.38. The zero-order valence-corrected chi connectivity index (χ0v) is 13.9. The van der Waals surface area contributed by atoms with Gasteiger partial charge in [-0.3, -0.25) is 14.3 Å². The molecule has 2 aromatic rings. The molecular formula is C15H21N3O3S. The van der Waals surface area contributed by atoms with E-state index in [1.165, 1.54) is 11.3 Å². The van der Waals surface area contributed by atoms with Gasteiger partial charge in [0.15, 0.2) is 0 Å². The van der Waals surface area contributed by atoms with E-state index >= 15 is 0 Å². The molecule has 2 heterocycles. The van der Waals surface area contributed by atoms with Gasteiger partial charge in [0, 0.05) is 25.4 Å². The Bertz CT molecular complexity index is 688. The van der Waals surface area contributed by atoms with Crippen LogP contribution in [0.25, 0.3) is 10.2 Å². The molecule has 6 nitrogen and oxygen atoms in total. The lowest BCUT2D eigenvalue weighted by molar-refractivity contribution is -0.137. The smallest absolute Gasteiger partial charge is 0.303 e. The topological polar surface area (TPSA) is 84.2 Å². The van der Waals surface area contributed by atoms with Crippen molar-refractivity contribution in [2.45, 2.75) is 39.0 Å². The number of unbranched alkanes of at least 4 members (excludes halogenated alkanes) is 1. The van der Waals surface area contributed by atoms with Gasteiger partial charge in [0.05, 0.1) is 10.6 Å². The van der Waals surface area contributed by atoms with Crippen molar-refractivity contribution in [2.75, 3.05) is 6.54 Å². The Labute approximate surface area is 133 Å². The number of nitrogens with zero attached hydrogens (tertiary/aromatic N) is 2. The molecule has 0 fully saturated rings. The molecule has 0 aliphatic rings. The highest BCUT2D eigenvalue weighted by molar-refractivity contribution is 7.20. The van der Waals surface area contributed by atoms with Crippen LogP contribution in [-0.4, -0.2) is 33.3 Å². The van der Waals surface area contributed by atoms with E-state index in [9.17, 15) is 9.59 Å². The van der Waals surface area contributed by atoms with Crippen LogP contribution in [0.15, 0.2) is 6.07 Å². The second-order valence-electron chi connectivity index (χ2n) is 5.60. The molecule has 0 bridgehead atoms. The van der Waals surface area contributed by atoms with Crippen molar-refractivity contribution in [3.63, 3.8) is 0 Å². The molecule has 0 saturated heterocycles. The fraction of sp³-hybridized carbons (Fsp3) is 0.533. The van der Waals surface area contributed by atoms with Crippen LogP contribution >= 0.6 is 11.3 Å². The zero-order valence-electron chi connectivity index (χ0n) is 13.0. The first-order chi connectivity index (χ1) is 10.4. The number of carbonyl (C=O) groups excluding carboxylic acids is 1. The number of carboxylic acid groups (broad SMARTS) is 1. The molecule has 0 radical (unpaired) electrons. The third kappa shape index (κ3) is 3.65. The number of carboxylic acids is 1. The number of rotatable bonds is 7. The highest BCUT2D eigenvalue weighted by Crippen LogP contribution is 2.31. The Morgan fingerprint density at radius 3 is 2.77 bits per heavy atom. The summed E-state index contributed by atoms with van der Waals surface area (Å²) in [5.74, 6) is -0.596. The van der Waals surface area contributed by atoms with E-state index in [0.717, 1.165) is 15.9 Å². The third-order valence-corrected chi connectivity index (χ3v) is 4.61. The number of carbonyl (C=O) groups is 2. The summed E-state index contributed by atoms with van der Waals surface area (Å²) >= 11 is 1.43. The number of hydrogen-bond acceptors (Lipinski definition) is 4. The molecule has 0 aliphatic heterocycles. The maximum absolute atomic E-state index is 12.2. The van der Waals surface area contributed by atoms with Gasteiger partial charge in [-0.05, 0) is 24.8 Å². The van der Waals surface area contributed by atoms with Crippen molar-refractivity contribution in [1.82, 2.24) is 15.1 Å². The van der Waals surface area contributed by atoms with E-state index in [4.69, 9.17) is 5.11 Å². The molecule has 0 aliphatic carbocycles. The van der Waals surface area contributed by atoms with Crippen LogP contribution in [0.5, 0.6) is 0 Å². The van der Waals surface area contributed by atoms with Gasteiger partial charge in [-0.1, -0.05) is 13.8 Å². The minimum absolute atomic E-state index is 0.105. The van der Waals surface area contributed by atoms with Gasteiger partial charge < -0.3 is 10.4 Å². The largest absolute Gasteiger partial charge is 0.481 e. The minimum Gasteiger partial charge on any atom is -0.481 e. The number of aliphatic carboxylic acids is 1. The van der Waals surface area contributed by atoms with Crippen LogP contribution < -0.4 is 5.32 Å². The molecule has 7 heteroatoms. The van der Waals surface area contributed by atoms with Gasteiger partial charge in [-0.2, -0.15) is 5.10 Å². The predicted molar refractivity (Wildman–Crippen MR) is 86.5 cm³/mol. The van der Waals surface area contributed by atoms with Crippen LogP contribution in [0.1, 0.15) is 54.4 Å². The van der Waals surface area contributed by atoms with Crippen LogP contribution in [0.4, 0.5) is 0 Å². The number of fused-ring (bicyclic) bond motifs is 1. The van der Waals surface area contributed by atoms with Crippen LogP contribution in [0, 0.1) is 0 Å². The molecule has 0 unspecified atom stereocenters. The van der Waals surface area contributed by atoms with Crippen LogP contribution in [-0.2, 0) is 11.8 Å². The Morgan fingerprint density at radius 2 is 2.14 bits per heavy atom. The van der Waals surface area contributed by atoms with Crippen molar-refractivity contribution in [3.05, 3.63) is 16.6 Å². The van der Waals surface area contributed by atoms with Crippen molar-refractivity contribution < 1.29 is 14.7 Å². The second-order valence-corrected chi connectivity index (χ2v) is 6.63. The molecule has 0 aromatic carbocycles. The van der Waals surface area contributed by atoms with Gasteiger partial charge in [0.2, 0.25) is 0 Å². The van der Waals surface area contributed by atoms with Crippen molar-refractivity contribution in [3.8, 4) is 0 Å². The second kappa shape index (κ2) is 6.91. The monoisotopic (exact) mass is 323 g/mol. The Hall–Kier alpha value is -1.89. The average molecular weight is 323 g/mol. The Kier molecular flexibility index (Phi) is 5.18. The quantitative estimate of drug-likeness (QED) is 0.767. The van der Waals surface area contributed by atoms with Crippen molar-refractivity contribution in [2.24, 2.45) is 7.05 Å². The lowest BCUT2D eigenvalue weighted by Crippen LogP contribution is -2.23. The molecule has 2 rings (SSSR count). The maximum atomic E-state index is 12.2. The predicted octanol–water partition coefficient (Wildman–Crippen LogP) is 2.74. The summed E-state index contributed by atoms with van der Waals surface area (Å²) in [5, 5.41) is 16.9. The first kappa shape index (κ1) is 16.5. The first-order valence-electron chi connectivity index (χ1n) is 7.36. The van der Waals surface area contributed by atoms with Crippen LogP contribution in [0.3, 0.4) is 0 Å². The molecule has 0 atom stereocenters. The molecule has 0 spiro atoms. The first-order valence-corrected chi connectivity index (χ1v) is 8.18. The lowest BCUT2D eigenvalue weighted by atomic mass is 10.1. The zero-order chi connectivity index (χ0) is 16.3. The van der Waals surface area contributed by atoms with E-state index in [-0.39, 0.29) is 12.3 Å². The highest BCUT2D eigenvalue weighted by Gasteiger charge is 2.18. The minimum atomic E-state index is -0.801. The average Bonchev–Trinajstić information content (AvgIpc) is 2.99. The Morgan fingerprint density at radius 1 is 1.41 bits per heavy atom. The summed E-state index contributed by atoms with van der Waals surface area (Å²) in [4.78, 5) is 24.2. The van der Waals surface area contributed by atoms with Crippen molar-refractivity contribution >= 4 is 33.4 Å². The fourth-order valence-electron chi connectivity index (χ4n) is 2.29. The standard InChI is InChI=1S/C15H21N3O3S/c1-9(2)13-10-8-11(22-15(10)18(3)17-13)14(21)16-7-5-4-6-12(19)20/h8-9H,4-7H2,1-3H3,(H,16,21)(H,19,20). The molecular weight excluding hydrogens is 302 g/mol. The van der Waals surface area contributed by atoms with Gasteiger partial charge >= 0.3 is 5.97 Å². The van der Waals surface area contributed by atoms with Gasteiger partial charge in [0.1, 0.15) is 4.83 Å². The summed E-state index contributed by atoms with van der Waals surface area (Å²) < 4.78 is 1.82. The number of thiophene rings is 1. The van der Waals surface area contributed by atoms with E-state index in [1.54, 1.807) is 0 Å². The van der Waals surface area contributed by atoms with Gasteiger partial charge in [-0.15, -0.1) is 11.3 Å². The Balaban J connectivity index is 2.00. The fourth-order valence-corrected chi connectivity index (χ4v) is 3.29. The molecule has 2 aromatic heterocycles. The molecule has 1 amide bonds. The SMILES string of the molecule is CC(C)c1nn(C)c2sc(C(=O)NCCCCC(=O)O)cc12. The molecule has 22 heavy (non-hydrogen) atoms.